The van der Waals surface area contributed by atoms with Gasteiger partial charge in [0.05, 0.1) is 5.03 Å². The lowest BCUT2D eigenvalue weighted by Crippen LogP contribution is -1.87. The van der Waals surface area contributed by atoms with Gasteiger partial charge in [-0.25, -0.2) is 4.98 Å². The second-order valence-corrected chi connectivity index (χ2v) is 2.96. The first-order valence-corrected chi connectivity index (χ1v) is 4.69. The van der Waals surface area contributed by atoms with Crippen LogP contribution >= 0.6 is 11.8 Å². The van der Waals surface area contributed by atoms with Gasteiger partial charge >= 0.3 is 0 Å². The van der Waals surface area contributed by atoms with Crippen molar-refractivity contribution in [3.05, 3.63) is 36.5 Å². The SMILES string of the molecule is C=CCc1cccnc1SC. The van der Waals surface area contributed by atoms with E-state index in [-0.39, 0.29) is 0 Å². The highest BCUT2D eigenvalue weighted by molar-refractivity contribution is 7.98. The Labute approximate surface area is 71.5 Å². The summed E-state index contributed by atoms with van der Waals surface area (Å²) in [5, 5.41) is 1.10. The Morgan fingerprint density at radius 2 is 2.55 bits per heavy atom. The molecule has 2 heteroatoms. The Morgan fingerprint density at radius 3 is 3.18 bits per heavy atom. The Balaban J connectivity index is 2.92. The third kappa shape index (κ3) is 2.09. The second kappa shape index (κ2) is 4.19. The van der Waals surface area contributed by atoms with E-state index in [0.717, 1.165) is 11.4 Å². The van der Waals surface area contributed by atoms with Gasteiger partial charge in [-0.2, -0.15) is 0 Å². The van der Waals surface area contributed by atoms with Crippen LogP contribution in [0.5, 0.6) is 0 Å². The van der Waals surface area contributed by atoms with Crippen molar-refractivity contribution in [3.8, 4) is 0 Å². The maximum atomic E-state index is 4.23. The maximum Gasteiger partial charge on any atom is 0.0992 e. The largest absolute Gasteiger partial charge is 0.250 e. The molecule has 0 aromatic carbocycles. The first kappa shape index (κ1) is 8.34. The summed E-state index contributed by atoms with van der Waals surface area (Å²) in [4.78, 5) is 4.23. The van der Waals surface area contributed by atoms with Crippen LogP contribution < -0.4 is 0 Å². The zero-order chi connectivity index (χ0) is 8.10. The van der Waals surface area contributed by atoms with Gasteiger partial charge in [0, 0.05) is 6.20 Å². The molecule has 0 bridgehead atoms. The molecule has 11 heavy (non-hydrogen) atoms. The molecule has 0 aliphatic heterocycles. The summed E-state index contributed by atoms with van der Waals surface area (Å²) in [6.45, 7) is 3.69. The van der Waals surface area contributed by atoms with E-state index in [1.54, 1.807) is 11.8 Å². The first-order chi connectivity index (χ1) is 5.38. The van der Waals surface area contributed by atoms with E-state index in [2.05, 4.69) is 17.6 Å². The quantitative estimate of drug-likeness (QED) is 0.504. The summed E-state index contributed by atoms with van der Waals surface area (Å²) < 4.78 is 0. The Kier molecular flexibility index (Phi) is 3.17. The summed E-state index contributed by atoms with van der Waals surface area (Å²) >= 11 is 1.68. The van der Waals surface area contributed by atoms with Crippen molar-refractivity contribution in [2.45, 2.75) is 11.4 Å². The van der Waals surface area contributed by atoms with Crippen molar-refractivity contribution in [3.63, 3.8) is 0 Å². The third-order valence-corrected chi connectivity index (χ3v) is 2.16. The lowest BCUT2D eigenvalue weighted by atomic mass is 10.2. The minimum atomic E-state index is 0.907. The van der Waals surface area contributed by atoms with Crippen LogP contribution in [0.4, 0.5) is 0 Å². The van der Waals surface area contributed by atoms with Crippen LogP contribution in [-0.2, 0) is 6.42 Å². The number of nitrogens with zero attached hydrogens (tertiary/aromatic N) is 1. The van der Waals surface area contributed by atoms with Gasteiger partial charge in [0.25, 0.3) is 0 Å². The minimum absolute atomic E-state index is 0.907. The Bertz CT molecular complexity index is 245. The molecule has 0 saturated carbocycles. The standard InChI is InChI=1S/C9H11NS/c1-3-5-8-6-4-7-10-9(8)11-2/h3-4,6-7H,1,5H2,2H3. The molecule has 0 saturated heterocycles. The van der Waals surface area contributed by atoms with E-state index in [4.69, 9.17) is 0 Å². The van der Waals surface area contributed by atoms with Crippen LogP contribution in [0.1, 0.15) is 5.56 Å². The maximum absolute atomic E-state index is 4.23. The van der Waals surface area contributed by atoms with E-state index in [0.29, 0.717) is 0 Å². The summed E-state index contributed by atoms with van der Waals surface area (Å²) in [5.41, 5.74) is 1.26. The molecule has 1 aromatic rings. The van der Waals surface area contributed by atoms with E-state index in [1.165, 1.54) is 5.56 Å². The Morgan fingerprint density at radius 1 is 1.73 bits per heavy atom. The van der Waals surface area contributed by atoms with Gasteiger partial charge in [0.15, 0.2) is 0 Å². The smallest absolute Gasteiger partial charge is 0.0992 e. The highest BCUT2D eigenvalue weighted by Gasteiger charge is 1.97. The fourth-order valence-corrected chi connectivity index (χ4v) is 1.50. The van der Waals surface area contributed by atoms with Gasteiger partial charge in [0.1, 0.15) is 0 Å². The molecule has 0 aliphatic carbocycles. The lowest BCUT2D eigenvalue weighted by Gasteiger charge is -2.01. The van der Waals surface area contributed by atoms with E-state index in [9.17, 15) is 0 Å². The van der Waals surface area contributed by atoms with Crippen LogP contribution in [0.25, 0.3) is 0 Å². The number of hydrogen-bond acceptors (Lipinski definition) is 2. The zero-order valence-corrected chi connectivity index (χ0v) is 7.40. The van der Waals surface area contributed by atoms with Crippen LogP contribution in [0, 0.1) is 0 Å². The van der Waals surface area contributed by atoms with Crippen LogP contribution in [-0.4, -0.2) is 11.2 Å². The number of allylic oxidation sites excluding steroid dienone is 1. The molecule has 1 rings (SSSR count). The van der Waals surface area contributed by atoms with Crippen molar-refractivity contribution in [2.24, 2.45) is 0 Å². The number of hydrogen-bond donors (Lipinski definition) is 0. The van der Waals surface area contributed by atoms with Crippen molar-refractivity contribution >= 4 is 11.8 Å². The predicted octanol–water partition coefficient (Wildman–Crippen LogP) is 2.53. The highest BCUT2D eigenvalue weighted by atomic mass is 32.2. The molecular weight excluding hydrogens is 154 g/mol. The fourth-order valence-electron chi connectivity index (χ4n) is 0.919. The Hall–Kier alpha value is -0.760. The number of pyridine rings is 1. The van der Waals surface area contributed by atoms with Gasteiger partial charge in [0.2, 0.25) is 0 Å². The molecule has 58 valence electrons. The van der Waals surface area contributed by atoms with Crippen LogP contribution in [0.2, 0.25) is 0 Å². The topological polar surface area (TPSA) is 12.9 Å². The summed E-state index contributed by atoms with van der Waals surface area (Å²) in [7, 11) is 0. The molecule has 1 aromatic heterocycles. The highest BCUT2D eigenvalue weighted by Crippen LogP contribution is 2.16. The van der Waals surface area contributed by atoms with Crippen molar-refractivity contribution in [1.29, 1.82) is 0 Å². The monoisotopic (exact) mass is 165 g/mol. The first-order valence-electron chi connectivity index (χ1n) is 3.47. The van der Waals surface area contributed by atoms with E-state index < -0.39 is 0 Å². The molecule has 0 spiro atoms. The molecule has 0 fully saturated rings. The molecular formula is C9H11NS. The average molecular weight is 165 g/mol. The van der Waals surface area contributed by atoms with Gasteiger partial charge in [-0.1, -0.05) is 12.1 Å². The van der Waals surface area contributed by atoms with Crippen LogP contribution in [0.15, 0.2) is 36.0 Å². The number of aromatic nitrogens is 1. The van der Waals surface area contributed by atoms with Gasteiger partial charge < -0.3 is 0 Å². The number of thioether (sulfide) groups is 1. The summed E-state index contributed by atoms with van der Waals surface area (Å²) in [5.74, 6) is 0. The van der Waals surface area contributed by atoms with E-state index in [1.807, 2.05) is 24.6 Å². The number of rotatable bonds is 3. The molecule has 0 atom stereocenters. The van der Waals surface area contributed by atoms with Crippen molar-refractivity contribution in [2.75, 3.05) is 6.26 Å². The fraction of sp³-hybridized carbons (Fsp3) is 0.222. The van der Waals surface area contributed by atoms with Gasteiger partial charge in [-0.05, 0) is 24.3 Å². The van der Waals surface area contributed by atoms with E-state index >= 15 is 0 Å². The molecule has 1 heterocycles. The van der Waals surface area contributed by atoms with Gasteiger partial charge in [-0.15, -0.1) is 18.3 Å². The average Bonchev–Trinajstić information content (AvgIpc) is 2.06. The zero-order valence-electron chi connectivity index (χ0n) is 6.58. The summed E-state index contributed by atoms with van der Waals surface area (Å²) in [6.07, 6.45) is 6.66. The second-order valence-electron chi connectivity index (χ2n) is 2.16. The molecule has 0 aliphatic rings. The molecule has 0 N–H and O–H groups in total. The third-order valence-electron chi connectivity index (χ3n) is 1.41. The predicted molar refractivity (Wildman–Crippen MR) is 49.9 cm³/mol. The normalized spacial score (nSPS) is 9.55. The molecule has 0 unspecified atom stereocenters. The van der Waals surface area contributed by atoms with Gasteiger partial charge in [-0.3, -0.25) is 0 Å². The van der Waals surface area contributed by atoms with Crippen molar-refractivity contribution < 1.29 is 0 Å². The minimum Gasteiger partial charge on any atom is -0.250 e. The summed E-state index contributed by atoms with van der Waals surface area (Å²) in [6, 6.07) is 4.04. The van der Waals surface area contributed by atoms with Crippen molar-refractivity contribution in [1.82, 2.24) is 4.98 Å². The molecule has 0 radical (unpaired) electrons. The van der Waals surface area contributed by atoms with Crippen LogP contribution in [0.3, 0.4) is 0 Å². The lowest BCUT2D eigenvalue weighted by molar-refractivity contribution is 1.04. The molecule has 0 amide bonds. The molecule has 1 nitrogen and oxygen atoms in total.